The van der Waals surface area contributed by atoms with Crippen LogP contribution in [0.4, 0.5) is 0 Å². The Hall–Kier alpha value is 1.92. The van der Waals surface area contributed by atoms with Crippen molar-refractivity contribution in [3.63, 3.8) is 0 Å². The molecule has 0 radical (unpaired) electrons. The highest BCUT2D eigenvalue weighted by Crippen LogP contribution is 2.17. The van der Waals surface area contributed by atoms with E-state index in [0.717, 1.165) is 10.7 Å². The third-order valence-electron chi connectivity index (χ3n) is 0.687. The van der Waals surface area contributed by atoms with Gasteiger partial charge in [0.15, 0.2) is 0 Å². The zero-order valence-corrected chi connectivity index (χ0v) is 10.4. The van der Waals surface area contributed by atoms with Gasteiger partial charge in [-0.3, -0.25) is 0 Å². The third-order valence-corrected chi connectivity index (χ3v) is 6.45. The summed E-state index contributed by atoms with van der Waals surface area (Å²) in [5.74, 6) is 0. The monoisotopic (exact) mass is 370 g/mol. The molecule has 0 aliphatic heterocycles. The van der Waals surface area contributed by atoms with Gasteiger partial charge in [0.25, 0.3) is 0 Å². The van der Waals surface area contributed by atoms with Crippen LogP contribution < -0.4 is 0 Å². The molecule has 0 bridgehead atoms. The lowest BCUT2D eigenvalue weighted by Gasteiger charge is -2.09. The average Bonchev–Trinajstić information content (AvgIpc) is 1.84. The van der Waals surface area contributed by atoms with Gasteiger partial charge in [-0.2, -0.15) is 0 Å². The summed E-state index contributed by atoms with van der Waals surface area (Å²) in [4.78, 5) is 1.03. The maximum absolute atomic E-state index is 3.48. The van der Waals surface area contributed by atoms with Crippen molar-refractivity contribution in [2.24, 2.45) is 0 Å². The van der Waals surface area contributed by atoms with Crippen LogP contribution in [0.3, 0.4) is 0 Å². The van der Waals surface area contributed by atoms with Crippen molar-refractivity contribution in [3.05, 3.63) is 0 Å². The molecule has 2 atom stereocenters. The summed E-state index contributed by atoms with van der Waals surface area (Å²) in [6, 6.07) is 0. The summed E-state index contributed by atoms with van der Waals surface area (Å²) in [7, 11) is 0. The first-order valence-electron chi connectivity index (χ1n) is 2.12. The molecule has 0 aromatic heterocycles. The van der Waals surface area contributed by atoms with Crippen LogP contribution in [0.2, 0.25) is 0 Å². The molecule has 0 spiro atoms. The fourth-order valence-electron chi connectivity index (χ4n) is 0.193. The molecule has 0 aliphatic carbocycles. The molecule has 0 amide bonds. The molecule has 0 nitrogen and oxygen atoms in total. The number of hydrogen-bond donors (Lipinski definition) is 0. The molecule has 0 saturated carbocycles. The van der Waals surface area contributed by atoms with E-state index >= 15 is 0 Å². The lowest BCUT2D eigenvalue weighted by molar-refractivity contribution is 0.994. The fraction of sp³-hybridized carbons (Fsp3) is 1.00. The van der Waals surface area contributed by atoms with E-state index in [0.29, 0.717) is 9.65 Å². The average molecular weight is 374 g/mol. The van der Waals surface area contributed by atoms with Crippen molar-refractivity contribution in [3.8, 4) is 0 Å². The van der Waals surface area contributed by atoms with Crippen molar-refractivity contribution in [1.82, 2.24) is 0 Å². The van der Waals surface area contributed by atoms with E-state index in [2.05, 4.69) is 63.7 Å². The van der Waals surface area contributed by atoms with Gasteiger partial charge in [-0.05, 0) is 0 Å². The summed E-state index contributed by atoms with van der Waals surface area (Å²) in [6.45, 7) is 0. The molecule has 8 heavy (non-hydrogen) atoms. The largest absolute Gasteiger partial charge is 0.0916 e. The Morgan fingerprint density at radius 2 is 1.12 bits per heavy atom. The molecule has 4 heteroatoms. The number of rotatable bonds is 3. The predicted octanol–water partition coefficient (Wildman–Crippen LogP) is 3.30. The highest BCUT2D eigenvalue weighted by molar-refractivity contribution is 9.14. The molecule has 0 unspecified atom stereocenters. The van der Waals surface area contributed by atoms with Crippen LogP contribution in [-0.4, -0.2) is 20.3 Å². The van der Waals surface area contributed by atoms with Crippen molar-refractivity contribution < 1.29 is 0 Å². The van der Waals surface area contributed by atoms with Crippen LogP contribution in [0.15, 0.2) is 0 Å². The SMILES string of the molecule is BrC[C@@H](Br)[C@@H](Br)CBr. The van der Waals surface area contributed by atoms with Gasteiger partial charge >= 0.3 is 0 Å². The highest BCUT2D eigenvalue weighted by atomic mass is 79.9. The lowest BCUT2D eigenvalue weighted by atomic mass is 10.4. The number of halogens is 4. The Morgan fingerprint density at radius 3 is 1.25 bits per heavy atom. The van der Waals surface area contributed by atoms with Crippen LogP contribution in [0.5, 0.6) is 0 Å². The summed E-state index contributed by atoms with van der Waals surface area (Å²) in [6.07, 6.45) is 0. The first-order valence-corrected chi connectivity index (χ1v) is 6.20. The summed E-state index contributed by atoms with van der Waals surface area (Å²) < 4.78 is 0. The first-order chi connectivity index (χ1) is 3.72. The van der Waals surface area contributed by atoms with Crippen molar-refractivity contribution in [2.75, 3.05) is 10.7 Å². The molecule has 0 fully saturated rings. The minimum atomic E-state index is 0.516. The minimum Gasteiger partial charge on any atom is -0.0916 e. The molecule has 0 aliphatic rings. The van der Waals surface area contributed by atoms with Crippen LogP contribution in [0.25, 0.3) is 0 Å². The molecular formula is C4H6Br4. The van der Waals surface area contributed by atoms with Crippen molar-refractivity contribution in [2.45, 2.75) is 9.65 Å². The highest BCUT2D eigenvalue weighted by Gasteiger charge is 2.11. The smallest absolute Gasteiger partial charge is 0.0376 e. The second-order valence-electron chi connectivity index (χ2n) is 1.34. The Bertz CT molecular complexity index is 48.0. The summed E-state index contributed by atoms with van der Waals surface area (Å²) in [5, 5.41) is 1.96. The van der Waals surface area contributed by atoms with Crippen molar-refractivity contribution >= 4 is 63.7 Å². The van der Waals surface area contributed by atoms with E-state index in [1.54, 1.807) is 0 Å². The normalized spacial score (nSPS) is 18.0. The molecule has 0 saturated heterocycles. The maximum Gasteiger partial charge on any atom is 0.0376 e. The van der Waals surface area contributed by atoms with Crippen LogP contribution >= 0.6 is 63.7 Å². The van der Waals surface area contributed by atoms with Crippen LogP contribution in [0, 0.1) is 0 Å². The van der Waals surface area contributed by atoms with Gasteiger partial charge in [-0.25, -0.2) is 0 Å². The molecule has 0 N–H and O–H groups in total. The van der Waals surface area contributed by atoms with Gasteiger partial charge in [-0.15, -0.1) is 0 Å². The third kappa shape index (κ3) is 3.85. The van der Waals surface area contributed by atoms with E-state index < -0.39 is 0 Å². The molecule has 0 aromatic carbocycles. The van der Waals surface area contributed by atoms with Crippen molar-refractivity contribution in [1.29, 1.82) is 0 Å². The Kier molecular flexibility index (Phi) is 7.05. The fourth-order valence-corrected chi connectivity index (χ4v) is 2.47. The van der Waals surface area contributed by atoms with Crippen LogP contribution in [-0.2, 0) is 0 Å². The second-order valence-corrected chi connectivity index (χ2v) is 4.99. The number of alkyl halides is 4. The van der Waals surface area contributed by atoms with Gasteiger partial charge in [0.1, 0.15) is 0 Å². The summed E-state index contributed by atoms with van der Waals surface area (Å²) >= 11 is 13.7. The Balaban J connectivity index is 3.29. The predicted molar refractivity (Wildman–Crippen MR) is 53.0 cm³/mol. The van der Waals surface area contributed by atoms with E-state index in [-0.39, 0.29) is 0 Å². The second kappa shape index (κ2) is 5.69. The molecular weight excluding hydrogens is 368 g/mol. The molecule has 50 valence electrons. The standard InChI is InChI=1S/C4H6Br4/c5-1-3(7)4(8)2-6/h3-4H,1-2H2/t3-,4+. The number of hydrogen-bond acceptors (Lipinski definition) is 0. The van der Waals surface area contributed by atoms with Gasteiger partial charge in [0, 0.05) is 20.3 Å². The Labute approximate surface area is 83.3 Å². The zero-order valence-electron chi connectivity index (χ0n) is 4.08. The van der Waals surface area contributed by atoms with E-state index in [1.165, 1.54) is 0 Å². The molecule has 0 rings (SSSR count). The summed E-state index contributed by atoms with van der Waals surface area (Å²) in [5.41, 5.74) is 0. The quantitative estimate of drug-likeness (QED) is 0.666. The maximum atomic E-state index is 3.48. The van der Waals surface area contributed by atoms with Gasteiger partial charge in [0.2, 0.25) is 0 Å². The van der Waals surface area contributed by atoms with Gasteiger partial charge < -0.3 is 0 Å². The molecule has 0 heterocycles. The van der Waals surface area contributed by atoms with E-state index in [4.69, 9.17) is 0 Å². The minimum absolute atomic E-state index is 0.516. The lowest BCUT2D eigenvalue weighted by Crippen LogP contribution is -2.15. The van der Waals surface area contributed by atoms with Gasteiger partial charge in [-0.1, -0.05) is 63.7 Å². The topological polar surface area (TPSA) is 0 Å². The van der Waals surface area contributed by atoms with Gasteiger partial charge in [0.05, 0.1) is 0 Å². The molecule has 0 aromatic rings. The van der Waals surface area contributed by atoms with E-state index in [1.807, 2.05) is 0 Å². The first kappa shape index (κ1) is 9.92. The Morgan fingerprint density at radius 1 is 0.875 bits per heavy atom. The van der Waals surface area contributed by atoms with Crippen LogP contribution in [0.1, 0.15) is 0 Å². The zero-order chi connectivity index (χ0) is 6.57. The van der Waals surface area contributed by atoms with E-state index in [9.17, 15) is 0 Å².